The number of carbonyl (C=O) groups excluding carboxylic acids is 1. The third kappa shape index (κ3) is 5.28. The molecule has 0 spiro atoms. The zero-order chi connectivity index (χ0) is 30.0. The number of likely N-dealkylation sites (tertiary alicyclic amines) is 1. The zero-order valence-electron chi connectivity index (χ0n) is 24.7. The highest BCUT2D eigenvalue weighted by atomic mass is 16.5. The van der Waals surface area contributed by atoms with E-state index in [1.807, 2.05) is 101 Å². The maximum atomic E-state index is 13.9. The van der Waals surface area contributed by atoms with Crippen LogP contribution in [0.4, 0.5) is 0 Å². The van der Waals surface area contributed by atoms with Gasteiger partial charge in [0, 0.05) is 43.9 Å². The van der Waals surface area contributed by atoms with E-state index in [1.54, 1.807) is 0 Å². The van der Waals surface area contributed by atoms with E-state index < -0.39 is 0 Å². The number of aryl methyl sites for hydroxylation is 1. The summed E-state index contributed by atoms with van der Waals surface area (Å²) in [6.07, 6.45) is 5.67. The number of ether oxygens (including phenoxy) is 1. The van der Waals surface area contributed by atoms with Crippen molar-refractivity contribution in [3.8, 4) is 5.75 Å². The van der Waals surface area contributed by atoms with E-state index in [1.165, 1.54) is 0 Å². The van der Waals surface area contributed by atoms with Crippen LogP contribution in [0.15, 0.2) is 108 Å². The summed E-state index contributed by atoms with van der Waals surface area (Å²) in [6, 6.07) is 30.1. The zero-order valence-corrected chi connectivity index (χ0v) is 24.7. The molecule has 8 nitrogen and oxygen atoms in total. The number of H-pyrrole nitrogens is 1. The Bertz CT molecular complexity index is 1980. The molecule has 0 bridgehead atoms. The standard InChI is InChI=1S/C36H35N5O3/c1-25-10-5-6-13-28(25)29(32-23-37-35-33(16-9-19-40(32)35)44-24-26-11-3-2-4-12-26)22-34(42)39-20-17-27(18-21-39)41-31-15-8-7-14-30(31)38-36(41)43/h2-16,19,23,27,29H,17-18,20-22,24H2,1H3,(H,38,43). The molecule has 1 N–H and O–H groups in total. The van der Waals surface area contributed by atoms with Crippen LogP contribution in [0.3, 0.4) is 0 Å². The number of aromatic nitrogens is 4. The van der Waals surface area contributed by atoms with E-state index in [-0.39, 0.29) is 23.6 Å². The van der Waals surface area contributed by atoms with Crippen molar-refractivity contribution in [2.45, 2.75) is 44.8 Å². The molecule has 1 aliphatic heterocycles. The molecule has 1 amide bonds. The number of amides is 1. The normalized spacial score (nSPS) is 14.7. The first-order valence-corrected chi connectivity index (χ1v) is 15.2. The van der Waals surface area contributed by atoms with Crippen molar-refractivity contribution < 1.29 is 9.53 Å². The number of hydrogen-bond acceptors (Lipinski definition) is 4. The molecule has 4 heterocycles. The monoisotopic (exact) mass is 585 g/mol. The molecule has 3 aromatic heterocycles. The summed E-state index contributed by atoms with van der Waals surface area (Å²) < 4.78 is 10.1. The number of para-hydroxylation sites is 2. The maximum Gasteiger partial charge on any atom is 0.326 e. The second kappa shape index (κ2) is 11.9. The first-order valence-electron chi connectivity index (χ1n) is 15.2. The van der Waals surface area contributed by atoms with Crippen LogP contribution in [0, 0.1) is 6.92 Å². The van der Waals surface area contributed by atoms with Gasteiger partial charge in [0.2, 0.25) is 5.91 Å². The van der Waals surface area contributed by atoms with Crippen LogP contribution in [0.2, 0.25) is 0 Å². The molecule has 1 atom stereocenters. The number of carbonyl (C=O) groups is 1. The van der Waals surface area contributed by atoms with Crippen molar-refractivity contribution in [2.24, 2.45) is 0 Å². The number of nitrogens with one attached hydrogen (secondary N) is 1. The topological polar surface area (TPSA) is 84.6 Å². The number of piperidine rings is 1. The molecule has 8 heteroatoms. The van der Waals surface area contributed by atoms with Crippen molar-refractivity contribution in [2.75, 3.05) is 13.1 Å². The van der Waals surface area contributed by atoms with Gasteiger partial charge in [0.1, 0.15) is 6.61 Å². The molecule has 44 heavy (non-hydrogen) atoms. The second-order valence-corrected chi connectivity index (χ2v) is 11.6. The Morgan fingerprint density at radius 3 is 2.52 bits per heavy atom. The third-order valence-corrected chi connectivity index (χ3v) is 8.87. The Hall–Kier alpha value is -5.11. The molecule has 0 saturated carbocycles. The maximum absolute atomic E-state index is 13.9. The Morgan fingerprint density at radius 2 is 1.70 bits per heavy atom. The van der Waals surface area contributed by atoms with E-state index >= 15 is 0 Å². The van der Waals surface area contributed by atoms with E-state index in [0.717, 1.165) is 51.9 Å². The predicted molar refractivity (Wildman–Crippen MR) is 171 cm³/mol. The number of aromatic amines is 1. The summed E-state index contributed by atoms with van der Waals surface area (Å²) in [5.41, 5.74) is 6.69. The Labute approximate surface area is 255 Å². The van der Waals surface area contributed by atoms with E-state index in [0.29, 0.717) is 31.9 Å². The summed E-state index contributed by atoms with van der Waals surface area (Å²) in [4.78, 5) is 36.4. The van der Waals surface area contributed by atoms with Crippen LogP contribution in [0.25, 0.3) is 16.7 Å². The quantitative estimate of drug-likeness (QED) is 0.229. The van der Waals surface area contributed by atoms with Gasteiger partial charge in [0.25, 0.3) is 0 Å². The van der Waals surface area contributed by atoms with Crippen LogP contribution in [-0.2, 0) is 11.4 Å². The first kappa shape index (κ1) is 27.7. The van der Waals surface area contributed by atoms with Gasteiger partial charge in [-0.2, -0.15) is 0 Å². The van der Waals surface area contributed by atoms with E-state index in [4.69, 9.17) is 9.72 Å². The van der Waals surface area contributed by atoms with Gasteiger partial charge in [-0.1, -0.05) is 66.7 Å². The molecular formula is C36H35N5O3. The highest BCUT2D eigenvalue weighted by Crippen LogP contribution is 2.34. The average Bonchev–Trinajstić information content (AvgIpc) is 3.64. The smallest absolute Gasteiger partial charge is 0.326 e. The molecule has 1 saturated heterocycles. The van der Waals surface area contributed by atoms with Gasteiger partial charge in [-0.25, -0.2) is 9.78 Å². The van der Waals surface area contributed by atoms with Gasteiger partial charge >= 0.3 is 5.69 Å². The average molecular weight is 586 g/mol. The number of hydrogen-bond donors (Lipinski definition) is 1. The minimum atomic E-state index is -0.183. The molecule has 1 aliphatic rings. The van der Waals surface area contributed by atoms with Crippen molar-refractivity contribution in [3.63, 3.8) is 0 Å². The molecular weight excluding hydrogens is 550 g/mol. The summed E-state index contributed by atoms with van der Waals surface area (Å²) >= 11 is 0. The lowest BCUT2D eigenvalue weighted by molar-refractivity contribution is -0.132. The van der Waals surface area contributed by atoms with Crippen molar-refractivity contribution in [3.05, 3.63) is 136 Å². The van der Waals surface area contributed by atoms with Gasteiger partial charge in [0.05, 0.1) is 16.7 Å². The molecule has 6 aromatic rings. The first-order chi connectivity index (χ1) is 21.6. The van der Waals surface area contributed by atoms with Gasteiger partial charge in [0.15, 0.2) is 11.4 Å². The van der Waals surface area contributed by atoms with Gasteiger partial charge in [-0.15, -0.1) is 0 Å². The highest BCUT2D eigenvalue weighted by Gasteiger charge is 2.30. The Kier molecular flexibility index (Phi) is 7.48. The molecule has 7 rings (SSSR count). The summed E-state index contributed by atoms with van der Waals surface area (Å²) in [5.74, 6) is 0.624. The molecule has 1 unspecified atom stereocenters. The van der Waals surface area contributed by atoms with Crippen LogP contribution in [0.1, 0.15) is 53.6 Å². The van der Waals surface area contributed by atoms with Crippen LogP contribution in [0.5, 0.6) is 5.75 Å². The third-order valence-electron chi connectivity index (χ3n) is 8.87. The lowest BCUT2D eigenvalue weighted by Crippen LogP contribution is -2.41. The van der Waals surface area contributed by atoms with E-state index in [2.05, 4.69) is 28.4 Å². The summed E-state index contributed by atoms with van der Waals surface area (Å²) in [6.45, 7) is 3.76. The molecule has 0 radical (unpaired) electrons. The SMILES string of the molecule is Cc1ccccc1C(CC(=O)N1CCC(n2c(=O)[nH]c3ccccc32)CC1)c1cnc2c(OCc3ccccc3)cccn12. The Balaban J connectivity index is 1.13. The molecule has 0 aliphatic carbocycles. The number of pyridine rings is 1. The number of rotatable bonds is 8. The fraction of sp³-hybridized carbons (Fsp3) is 0.250. The molecule has 3 aromatic carbocycles. The lowest BCUT2D eigenvalue weighted by Gasteiger charge is -2.33. The predicted octanol–water partition coefficient (Wildman–Crippen LogP) is 6.25. The lowest BCUT2D eigenvalue weighted by atomic mass is 9.88. The molecule has 222 valence electrons. The van der Waals surface area contributed by atoms with Gasteiger partial charge < -0.3 is 19.0 Å². The minimum Gasteiger partial charge on any atom is -0.485 e. The van der Waals surface area contributed by atoms with Gasteiger partial charge in [-0.05, 0) is 60.7 Å². The second-order valence-electron chi connectivity index (χ2n) is 11.6. The minimum absolute atomic E-state index is 0.0583. The fourth-order valence-electron chi connectivity index (χ4n) is 6.58. The molecule has 1 fully saturated rings. The van der Waals surface area contributed by atoms with Crippen LogP contribution < -0.4 is 10.4 Å². The fourth-order valence-corrected chi connectivity index (χ4v) is 6.58. The van der Waals surface area contributed by atoms with Crippen molar-refractivity contribution in [1.82, 2.24) is 23.8 Å². The summed E-state index contributed by atoms with van der Waals surface area (Å²) in [7, 11) is 0. The van der Waals surface area contributed by atoms with Gasteiger partial charge in [-0.3, -0.25) is 9.36 Å². The Morgan fingerprint density at radius 1 is 0.955 bits per heavy atom. The number of benzene rings is 3. The highest BCUT2D eigenvalue weighted by molar-refractivity contribution is 5.78. The number of imidazole rings is 2. The van der Waals surface area contributed by atoms with Crippen LogP contribution >= 0.6 is 0 Å². The summed E-state index contributed by atoms with van der Waals surface area (Å²) in [5, 5.41) is 0. The van der Waals surface area contributed by atoms with Crippen LogP contribution in [-0.4, -0.2) is 42.8 Å². The number of fused-ring (bicyclic) bond motifs is 2. The van der Waals surface area contributed by atoms with Crippen molar-refractivity contribution >= 4 is 22.6 Å². The largest absolute Gasteiger partial charge is 0.485 e. The van der Waals surface area contributed by atoms with E-state index in [9.17, 15) is 9.59 Å². The van der Waals surface area contributed by atoms with Crippen molar-refractivity contribution in [1.29, 1.82) is 0 Å². The number of nitrogens with zero attached hydrogens (tertiary/aromatic N) is 4.